The Hall–Kier alpha value is -1.52. The first-order chi connectivity index (χ1) is 9.62. The van der Waals surface area contributed by atoms with Crippen LogP contribution < -0.4 is 0 Å². The van der Waals surface area contributed by atoms with Gasteiger partial charge in [0, 0.05) is 13.1 Å². The summed E-state index contributed by atoms with van der Waals surface area (Å²) in [7, 11) is 0. The van der Waals surface area contributed by atoms with Gasteiger partial charge in [0.25, 0.3) is 0 Å². The summed E-state index contributed by atoms with van der Waals surface area (Å²) >= 11 is 0. The molecule has 1 amide bonds. The summed E-state index contributed by atoms with van der Waals surface area (Å²) in [5, 5.41) is 9.18. The van der Waals surface area contributed by atoms with Gasteiger partial charge in [0.2, 0.25) is 0 Å². The fourth-order valence-corrected chi connectivity index (χ4v) is 2.45. The van der Waals surface area contributed by atoms with Crippen LogP contribution in [-0.4, -0.2) is 41.3 Å². The van der Waals surface area contributed by atoms with Gasteiger partial charge in [-0.3, -0.25) is 4.79 Å². The third-order valence-electron chi connectivity index (χ3n) is 4.32. The first-order valence-corrected chi connectivity index (χ1v) is 7.42. The Balaban J connectivity index is 2.91. The highest BCUT2D eigenvalue weighted by Crippen LogP contribution is 2.37. The van der Waals surface area contributed by atoms with E-state index in [9.17, 15) is 14.7 Å². The van der Waals surface area contributed by atoms with Crippen molar-refractivity contribution in [2.75, 3.05) is 13.1 Å². The molecule has 0 saturated carbocycles. The minimum Gasteiger partial charge on any atom is -0.465 e. The minimum atomic E-state index is -0.986. The van der Waals surface area contributed by atoms with Gasteiger partial charge < -0.3 is 14.7 Å². The lowest BCUT2D eigenvalue weighted by Gasteiger charge is -2.40. The molecule has 1 heterocycles. The van der Waals surface area contributed by atoms with Crippen LogP contribution in [-0.2, 0) is 9.53 Å². The van der Waals surface area contributed by atoms with Gasteiger partial charge in [0.15, 0.2) is 0 Å². The van der Waals surface area contributed by atoms with Gasteiger partial charge in [-0.2, -0.15) is 0 Å². The molecule has 5 nitrogen and oxygen atoms in total. The molecule has 0 aromatic rings. The number of esters is 1. The van der Waals surface area contributed by atoms with E-state index in [1.807, 2.05) is 27.7 Å². The van der Waals surface area contributed by atoms with Gasteiger partial charge in [0.05, 0.1) is 5.41 Å². The number of carbonyl (C=O) groups excluding carboxylic acids is 1. The molecule has 1 unspecified atom stereocenters. The zero-order chi connectivity index (χ0) is 16.3. The average Bonchev–Trinajstić information content (AvgIpc) is 2.38. The van der Waals surface area contributed by atoms with Crippen molar-refractivity contribution >= 4 is 12.1 Å². The van der Waals surface area contributed by atoms with Gasteiger partial charge in [-0.1, -0.05) is 26.8 Å². The van der Waals surface area contributed by atoms with E-state index in [-0.39, 0.29) is 24.0 Å². The number of likely N-dealkylation sites (tertiary alicyclic amines) is 1. The van der Waals surface area contributed by atoms with Gasteiger partial charge in [-0.15, -0.1) is 6.58 Å². The monoisotopic (exact) mass is 297 g/mol. The second-order valence-corrected chi connectivity index (χ2v) is 6.99. The molecule has 0 radical (unpaired) electrons. The standard InChI is InChI=1S/C16H27NO4/c1-6-8-16(9-7-10-17(11-16)14(19)20)13(18)21-12(2)15(3,4)5/h6,12H,1,7-11H2,2-5H3,(H,19,20)/t12-,16?/m1/s1. The van der Waals surface area contributed by atoms with Crippen LogP contribution in [0.2, 0.25) is 0 Å². The highest BCUT2D eigenvalue weighted by molar-refractivity contribution is 5.79. The summed E-state index contributed by atoms with van der Waals surface area (Å²) in [6.45, 7) is 12.3. The number of carbonyl (C=O) groups is 2. The third-order valence-corrected chi connectivity index (χ3v) is 4.32. The van der Waals surface area contributed by atoms with Crippen molar-refractivity contribution in [1.82, 2.24) is 4.90 Å². The Bertz CT molecular complexity index is 413. The maximum atomic E-state index is 12.6. The zero-order valence-electron chi connectivity index (χ0n) is 13.5. The Morgan fingerprint density at radius 3 is 2.57 bits per heavy atom. The van der Waals surface area contributed by atoms with E-state index < -0.39 is 11.5 Å². The molecule has 1 aliphatic heterocycles. The lowest BCUT2D eigenvalue weighted by molar-refractivity contribution is -0.168. The number of amides is 1. The fraction of sp³-hybridized carbons (Fsp3) is 0.750. The number of hydrogen-bond donors (Lipinski definition) is 1. The maximum absolute atomic E-state index is 12.6. The van der Waals surface area contributed by atoms with E-state index in [4.69, 9.17) is 4.74 Å². The quantitative estimate of drug-likeness (QED) is 0.638. The fourth-order valence-electron chi connectivity index (χ4n) is 2.45. The van der Waals surface area contributed by atoms with Gasteiger partial charge in [0.1, 0.15) is 6.10 Å². The van der Waals surface area contributed by atoms with E-state index >= 15 is 0 Å². The van der Waals surface area contributed by atoms with E-state index in [1.54, 1.807) is 6.08 Å². The lowest BCUT2D eigenvalue weighted by atomic mass is 9.77. The molecular weight excluding hydrogens is 270 g/mol. The molecule has 1 rings (SSSR count). The molecule has 5 heteroatoms. The molecule has 1 N–H and O–H groups in total. The molecule has 120 valence electrons. The molecular formula is C16H27NO4. The van der Waals surface area contributed by atoms with Gasteiger partial charge in [-0.25, -0.2) is 4.79 Å². The van der Waals surface area contributed by atoms with Crippen molar-refractivity contribution in [3.05, 3.63) is 12.7 Å². The summed E-state index contributed by atoms with van der Waals surface area (Å²) in [5.41, 5.74) is -0.940. The number of nitrogens with zero attached hydrogens (tertiary/aromatic N) is 1. The molecule has 1 fully saturated rings. The van der Waals surface area contributed by atoms with E-state index in [0.717, 1.165) is 0 Å². The summed E-state index contributed by atoms with van der Waals surface area (Å²) in [5.74, 6) is -0.309. The predicted molar refractivity (Wildman–Crippen MR) is 81.1 cm³/mol. The Kier molecular flexibility index (Phi) is 5.42. The topological polar surface area (TPSA) is 66.8 Å². The summed E-state index contributed by atoms with van der Waals surface area (Å²) < 4.78 is 5.63. The summed E-state index contributed by atoms with van der Waals surface area (Å²) in [6.07, 6.45) is 2.20. The lowest BCUT2D eigenvalue weighted by Crippen LogP contribution is -2.51. The average molecular weight is 297 g/mol. The smallest absolute Gasteiger partial charge is 0.407 e. The number of carboxylic acid groups (broad SMARTS) is 1. The van der Waals surface area contributed by atoms with Crippen molar-refractivity contribution in [2.45, 2.75) is 53.1 Å². The number of allylic oxidation sites excluding steroid dienone is 1. The number of ether oxygens (including phenoxy) is 1. The van der Waals surface area contributed by atoms with Crippen LogP contribution in [0.3, 0.4) is 0 Å². The van der Waals surface area contributed by atoms with Crippen molar-refractivity contribution in [1.29, 1.82) is 0 Å². The number of hydrogen-bond acceptors (Lipinski definition) is 3. The second kappa shape index (κ2) is 6.50. The van der Waals surface area contributed by atoms with Crippen LogP contribution >= 0.6 is 0 Å². The summed E-state index contributed by atoms with van der Waals surface area (Å²) in [4.78, 5) is 25.1. The molecule has 0 aromatic heterocycles. The molecule has 0 bridgehead atoms. The van der Waals surface area contributed by atoms with Crippen molar-refractivity contribution in [2.24, 2.45) is 10.8 Å². The first kappa shape index (κ1) is 17.5. The van der Waals surface area contributed by atoms with Crippen molar-refractivity contribution in [3.63, 3.8) is 0 Å². The zero-order valence-corrected chi connectivity index (χ0v) is 13.5. The minimum absolute atomic E-state index is 0.147. The molecule has 0 aliphatic carbocycles. The van der Waals surface area contributed by atoms with Crippen molar-refractivity contribution in [3.8, 4) is 0 Å². The van der Waals surface area contributed by atoms with E-state index in [1.165, 1.54) is 4.90 Å². The number of piperidine rings is 1. The molecule has 2 atom stereocenters. The van der Waals surface area contributed by atoms with Gasteiger partial charge in [-0.05, 0) is 31.6 Å². The molecule has 1 aliphatic rings. The second-order valence-electron chi connectivity index (χ2n) is 6.99. The van der Waals surface area contributed by atoms with Crippen LogP contribution in [0.1, 0.15) is 47.0 Å². The molecule has 21 heavy (non-hydrogen) atoms. The van der Waals surface area contributed by atoms with Crippen LogP contribution in [0.15, 0.2) is 12.7 Å². The Morgan fingerprint density at radius 2 is 2.10 bits per heavy atom. The van der Waals surface area contributed by atoms with Crippen LogP contribution in [0.5, 0.6) is 0 Å². The predicted octanol–water partition coefficient (Wildman–Crippen LogP) is 3.30. The Morgan fingerprint density at radius 1 is 1.48 bits per heavy atom. The highest BCUT2D eigenvalue weighted by Gasteiger charge is 2.45. The molecule has 1 saturated heterocycles. The summed E-state index contributed by atoms with van der Waals surface area (Å²) in [6, 6.07) is 0. The third kappa shape index (κ3) is 4.22. The van der Waals surface area contributed by atoms with Gasteiger partial charge >= 0.3 is 12.1 Å². The van der Waals surface area contributed by atoms with E-state index in [2.05, 4.69) is 6.58 Å². The maximum Gasteiger partial charge on any atom is 0.407 e. The van der Waals surface area contributed by atoms with Crippen molar-refractivity contribution < 1.29 is 19.4 Å². The first-order valence-electron chi connectivity index (χ1n) is 7.42. The van der Waals surface area contributed by atoms with E-state index in [0.29, 0.717) is 25.8 Å². The molecule has 0 aromatic carbocycles. The SMILES string of the molecule is C=CCC1(C(=O)O[C@H](C)C(C)(C)C)CCCN(C(=O)O)C1. The van der Waals surface area contributed by atoms with Crippen LogP contribution in [0.4, 0.5) is 4.79 Å². The Labute approximate surface area is 127 Å². The number of rotatable bonds is 4. The van der Waals surface area contributed by atoms with Crippen LogP contribution in [0.25, 0.3) is 0 Å². The van der Waals surface area contributed by atoms with Crippen LogP contribution in [0, 0.1) is 10.8 Å². The largest absolute Gasteiger partial charge is 0.465 e. The molecule has 0 spiro atoms. The highest BCUT2D eigenvalue weighted by atomic mass is 16.5. The normalized spacial score (nSPS) is 24.3.